The lowest BCUT2D eigenvalue weighted by Crippen LogP contribution is -2.33. The Balaban J connectivity index is 1.83. The lowest BCUT2D eigenvalue weighted by molar-refractivity contribution is 0.0946. The quantitative estimate of drug-likeness (QED) is 0.821. The summed E-state index contributed by atoms with van der Waals surface area (Å²) in [5.41, 5.74) is 0.708. The molecule has 1 aliphatic heterocycles. The smallest absolute Gasteiger partial charge is 0.251 e. The zero-order valence-corrected chi connectivity index (χ0v) is 13.9. The molecule has 1 aliphatic rings. The van der Waals surface area contributed by atoms with E-state index < -0.39 is 0 Å². The Morgan fingerprint density at radius 1 is 1.57 bits per heavy atom. The van der Waals surface area contributed by atoms with E-state index in [1.807, 2.05) is 6.07 Å². The molecule has 1 amide bonds. The number of pyridine rings is 1. The first-order valence-electron chi connectivity index (χ1n) is 7.71. The maximum atomic E-state index is 12.2. The molecule has 0 radical (unpaired) electrons. The number of nitrogens with zero attached hydrogens (tertiary/aromatic N) is 2. The van der Waals surface area contributed by atoms with Crippen LogP contribution in [0, 0.1) is 5.92 Å². The van der Waals surface area contributed by atoms with E-state index in [-0.39, 0.29) is 5.91 Å². The van der Waals surface area contributed by atoms with Crippen molar-refractivity contribution in [3.63, 3.8) is 0 Å². The van der Waals surface area contributed by atoms with Gasteiger partial charge in [-0.25, -0.2) is 4.98 Å². The van der Waals surface area contributed by atoms with Crippen molar-refractivity contribution in [2.75, 3.05) is 25.4 Å². The molecule has 21 heavy (non-hydrogen) atoms. The molecule has 116 valence electrons. The average molecular weight is 307 g/mol. The molecule has 1 aromatic heterocycles. The van der Waals surface area contributed by atoms with Gasteiger partial charge in [0.25, 0.3) is 5.91 Å². The second-order valence-corrected chi connectivity index (χ2v) is 7.05. The lowest BCUT2D eigenvalue weighted by atomic mass is 10.1. The van der Waals surface area contributed by atoms with Gasteiger partial charge in [0.15, 0.2) is 0 Å². The van der Waals surface area contributed by atoms with Crippen LogP contribution in [0.25, 0.3) is 0 Å². The Morgan fingerprint density at radius 3 is 3.05 bits per heavy atom. The summed E-state index contributed by atoms with van der Waals surface area (Å²) in [4.78, 5) is 18.9. The molecule has 0 saturated carbocycles. The van der Waals surface area contributed by atoms with E-state index in [1.165, 1.54) is 6.42 Å². The first-order chi connectivity index (χ1) is 10.1. The third-order valence-electron chi connectivity index (χ3n) is 3.89. The van der Waals surface area contributed by atoms with Crippen molar-refractivity contribution in [3.8, 4) is 0 Å². The van der Waals surface area contributed by atoms with Gasteiger partial charge >= 0.3 is 0 Å². The highest BCUT2D eigenvalue weighted by Crippen LogP contribution is 2.18. The molecule has 2 rings (SSSR count). The van der Waals surface area contributed by atoms with E-state index in [9.17, 15) is 4.79 Å². The molecule has 0 spiro atoms. The number of rotatable bonds is 6. The number of nitrogens with one attached hydrogen (secondary N) is 1. The van der Waals surface area contributed by atoms with Crippen molar-refractivity contribution in [1.29, 1.82) is 0 Å². The van der Waals surface area contributed by atoms with Gasteiger partial charge in [0.1, 0.15) is 0 Å². The van der Waals surface area contributed by atoms with Gasteiger partial charge in [-0.3, -0.25) is 4.79 Å². The average Bonchev–Trinajstić information content (AvgIpc) is 2.94. The van der Waals surface area contributed by atoms with Crippen LogP contribution in [-0.2, 0) is 0 Å². The van der Waals surface area contributed by atoms with E-state index >= 15 is 0 Å². The maximum Gasteiger partial charge on any atom is 0.251 e. The van der Waals surface area contributed by atoms with Crippen LogP contribution in [-0.4, -0.2) is 47.2 Å². The van der Waals surface area contributed by atoms with Crippen LogP contribution in [0.4, 0.5) is 0 Å². The first kappa shape index (κ1) is 16.3. The zero-order valence-electron chi connectivity index (χ0n) is 13.1. The zero-order chi connectivity index (χ0) is 15.2. The molecule has 5 heteroatoms. The first-order valence-corrected chi connectivity index (χ1v) is 8.69. The number of amides is 1. The van der Waals surface area contributed by atoms with E-state index in [2.05, 4.69) is 36.0 Å². The normalized spacial score (nSPS) is 19.1. The molecule has 1 atom stereocenters. The van der Waals surface area contributed by atoms with Gasteiger partial charge in [0, 0.05) is 30.9 Å². The van der Waals surface area contributed by atoms with Crippen molar-refractivity contribution in [3.05, 3.63) is 23.9 Å². The molecule has 1 aromatic rings. The second-order valence-electron chi connectivity index (χ2n) is 5.77. The molecule has 1 unspecified atom stereocenters. The molecule has 1 N–H and O–H groups in total. The summed E-state index contributed by atoms with van der Waals surface area (Å²) in [5.74, 6) is 1.55. The molecule has 4 nitrogen and oxygen atoms in total. The largest absolute Gasteiger partial charge is 0.352 e. The highest BCUT2D eigenvalue weighted by atomic mass is 32.2. The second kappa shape index (κ2) is 7.80. The highest BCUT2D eigenvalue weighted by Gasteiger charge is 2.24. The standard InChI is InChI=1S/C16H25N3OS/c1-4-21-15-9-14(5-7-17-15)16(20)18-10-13-6-8-19(11-13)12(2)3/h5,7,9,12-13H,4,6,8,10-11H2,1-3H3,(H,18,20). The SMILES string of the molecule is CCSc1cc(C(=O)NCC2CCN(C(C)C)C2)ccn1. The van der Waals surface area contributed by atoms with Gasteiger partial charge in [0.05, 0.1) is 5.03 Å². The predicted octanol–water partition coefficient (Wildman–Crippen LogP) is 2.65. The Labute approximate surface area is 131 Å². The minimum absolute atomic E-state index is 0.0124. The number of carbonyl (C=O) groups is 1. The summed E-state index contributed by atoms with van der Waals surface area (Å²) >= 11 is 1.66. The topological polar surface area (TPSA) is 45.2 Å². The van der Waals surface area contributed by atoms with E-state index in [0.29, 0.717) is 17.5 Å². The number of aromatic nitrogens is 1. The van der Waals surface area contributed by atoms with Crippen LogP contribution in [0.3, 0.4) is 0 Å². The third kappa shape index (κ3) is 4.71. The van der Waals surface area contributed by atoms with Crippen molar-refractivity contribution < 1.29 is 4.79 Å². The summed E-state index contributed by atoms with van der Waals surface area (Å²) in [5, 5.41) is 3.98. The van der Waals surface area contributed by atoms with Crippen LogP contribution in [0.15, 0.2) is 23.4 Å². The minimum Gasteiger partial charge on any atom is -0.352 e. The molecular formula is C16H25N3OS. The Morgan fingerprint density at radius 2 is 2.38 bits per heavy atom. The fourth-order valence-corrected chi connectivity index (χ4v) is 3.26. The van der Waals surface area contributed by atoms with E-state index in [1.54, 1.807) is 24.0 Å². The number of carbonyl (C=O) groups excluding carboxylic acids is 1. The lowest BCUT2D eigenvalue weighted by Gasteiger charge is -2.20. The van der Waals surface area contributed by atoms with E-state index in [0.717, 1.165) is 30.4 Å². The number of likely N-dealkylation sites (tertiary alicyclic amines) is 1. The summed E-state index contributed by atoms with van der Waals surface area (Å²) < 4.78 is 0. The fraction of sp³-hybridized carbons (Fsp3) is 0.625. The molecule has 2 heterocycles. The van der Waals surface area contributed by atoms with Gasteiger partial charge in [-0.05, 0) is 50.6 Å². The van der Waals surface area contributed by atoms with Crippen LogP contribution in [0.1, 0.15) is 37.6 Å². The summed E-state index contributed by atoms with van der Waals surface area (Å²) in [6.07, 6.45) is 2.88. The predicted molar refractivity (Wildman–Crippen MR) is 87.8 cm³/mol. The minimum atomic E-state index is 0.0124. The molecule has 0 bridgehead atoms. The number of thioether (sulfide) groups is 1. The van der Waals surface area contributed by atoms with Crippen LogP contribution >= 0.6 is 11.8 Å². The van der Waals surface area contributed by atoms with Gasteiger partial charge in [0.2, 0.25) is 0 Å². The molecular weight excluding hydrogens is 282 g/mol. The van der Waals surface area contributed by atoms with Crippen LogP contribution in [0.2, 0.25) is 0 Å². The number of hydrogen-bond donors (Lipinski definition) is 1. The summed E-state index contributed by atoms with van der Waals surface area (Å²) in [7, 11) is 0. The number of hydrogen-bond acceptors (Lipinski definition) is 4. The molecule has 1 fully saturated rings. The highest BCUT2D eigenvalue weighted by molar-refractivity contribution is 7.99. The van der Waals surface area contributed by atoms with Gasteiger partial charge < -0.3 is 10.2 Å². The molecule has 1 saturated heterocycles. The van der Waals surface area contributed by atoms with Crippen molar-refractivity contribution in [2.24, 2.45) is 5.92 Å². The van der Waals surface area contributed by atoms with Crippen molar-refractivity contribution in [1.82, 2.24) is 15.2 Å². The van der Waals surface area contributed by atoms with Crippen molar-refractivity contribution >= 4 is 17.7 Å². The fourth-order valence-electron chi connectivity index (χ4n) is 2.61. The Kier molecular flexibility index (Phi) is 6.06. The maximum absolute atomic E-state index is 12.2. The summed E-state index contributed by atoms with van der Waals surface area (Å²) in [6, 6.07) is 4.25. The van der Waals surface area contributed by atoms with E-state index in [4.69, 9.17) is 0 Å². The van der Waals surface area contributed by atoms with Crippen LogP contribution < -0.4 is 5.32 Å². The summed E-state index contributed by atoms with van der Waals surface area (Å²) in [6.45, 7) is 9.53. The third-order valence-corrected chi connectivity index (χ3v) is 4.70. The van der Waals surface area contributed by atoms with Crippen molar-refractivity contribution in [2.45, 2.75) is 38.3 Å². The van der Waals surface area contributed by atoms with Gasteiger partial charge in [-0.15, -0.1) is 11.8 Å². The molecule has 0 aliphatic carbocycles. The Bertz CT molecular complexity index is 478. The van der Waals surface area contributed by atoms with Crippen LogP contribution in [0.5, 0.6) is 0 Å². The van der Waals surface area contributed by atoms with Gasteiger partial charge in [-0.1, -0.05) is 6.92 Å². The van der Waals surface area contributed by atoms with Gasteiger partial charge in [-0.2, -0.15) is 0 Å². The Hall–Kier alpha value is -1.07. The monoisotopic (exact) mass is 307 g/mol. The molecule has 0 aromatic carbocycles.